The smallest absolute Gasteiger partial charge is 0.264 e. The molecule has 0 fully saturated rings. The number of anilines is 1. The molecule has 0 heterocycles. The van der Waals surface area contributed by atoms with E-state index in [0.29, 0.717) is 23.6 Å². The van der Waals surface area contributed by atoms with Crippen LogP contribution in [0.2, 0.25) is 0 Å². The van der Waals surface area contributed by atoms with Gasteiger partial charge in [0.25, 0.3) is 10.0 Å². The second-order valence-corrected chi connectivity index (χ2v) is 12.0. The molecular formula is C32H41N3O6S. The van der Waals surface area contributed by atoms with E-state index in [4.69, 9.17) is 9.47 Å². The number of hydrogen-bond donors (Lipinski definition) is 1. The van der Waals surface area contributed by atoms with Gasteiger partial charge in [0.05, 0.1) is 24.8 Å². The molecule has 42 heavy (non-hydrogen) atoms. The number of rotatable bonds is 14. The lowest BCUT2D eigenvalue weighted by atomic mass is 10.1. The first-order chi connectivity index (χ1) is 20.0. The Bertz CT molecular complexity index is 1440. The van der Waals surface area contributed by atoms with Crippen molar-refractivity contribution in [2.45, 2.75) is 64.1 Å². The van der Waals surface area contributed by atoms with Crippen LogP contribution in [0.4, 0.5) is 5.69 Å². The highest BCUT2D eigenvalue weighted by atomic mass is 32.2. The molecule has 3 aromatic rings. The minimum absolute atomic E-state index is 0.0534. The van der Waals surface area contributed by atoms with Crippen molar-refractivity contribution in [3.8, 4) is 11.5 Å². The number of carbonyl (C=O) groups is 2. The van der Waals surface area contributed by atoms with Gasteiger partial charge in [-0.05, 0) is 80.8 Å². The van der Waals surface area contributed by atoms with Crippen molar-refractivity contribution in [1.82, 2.24) is 10.2 Å². The third kappa shape index (κ3) is 8.03. The van der Waals surface area contributed by atoms with Gasteiger partial charge in [0.15, 0.2) is 0 Å². The first kappa shape index (κ1) is 32.5. The predicted molar refractivity (Wildman–Crippen MR) is 164 cm³/mol. The number of aryl methyl sites for hydroxylation is 1. The Hall–Kier alpha value is -4.05. The van der Waals surface area contributed by atoms with E-state index in [-0.39, 0.29) is 23.4 Å². The third-order valence-electron chi connectivity index (χ3n) is 7.12. The van der Waals surface area contributed by atoms with E-state index in [1.165, 1.54) is 24.1 Å². The highest BCUT2D eigenvalue weighted by molar-refractivity contribution is 7.92. The molecule has 0 saturated heterocycles. The molecule has 0 aliphatic heterocycles. The molecule has 0 saturated carbocycles. The van der Waals surface area contributed by atoms with Crippen LogP contribution in [-0.4, -0.2) is 58.0 Å². The van der Waals surface area contributed by atoms with Crippen LogP contribution in [0.5, 0.6) is 11.5 Å². The van der Waals surface area contributed by atoms with Gasteiger partial charge >= 0.3 is 0 Å². The van der Waals surface area contributed by atoms with Crippen molar-refractivity contribution >= 4 is 27.5 Å². The predicted octanol–water partition coefficient (Wildman–Crippen LogP) is 4.93. The number of ether oxygens (including phenoxy) is 2. The van der Waals surface area contributed by atoms with E-state index in [1.54, 1.807) is 55.6 Å². The molecule has 0 unspecified atom stereocenters. The molecule has 3 rings (SSSR count). The summed E-state index contributed by atoms with van der Waals surface area (Å²) in [6.45, 7) is 7.14. The van der Waals surface area contributed by atoms with Gasteiger partial charge in [-0.3, -0.25) is 13.9 Å². The lowest BCUT2D eigenvalue weighted by molar-refractivity contribution is -0.140. The molecule has 226 valence electrons. The lowest BCUT2D eigenvalue weighted by Crippen LogP contribution is -2.53. The van der Waals surface area contributed by atoms with Gasteiger partial charge in [-0.2, -0.15) is 0 Å². The van der Waals surface area contributed by atoms with Crippen molar-refractivity contribution in [1.29, 1.82) is 0 Å². The normalized spacial score (nSPS) is 12.6. The van der Waals surface area contributed by atoms with Crippen LogP contribution in [0.15, 0.2) is 77.7 Å². The average molecular weight is 596 g/mol. The van der Waals surface area contributed by atoms with Crippen molar-refractivity contribution in [3.63, 3.8) is 0 Å². The van der Waals surface area contributed by atoms with Gasteiger partial charge in [-0.25, -0.2) is 8.42 Å². The number of benzene rings is 3. The van der Waals surface area contributed by atoms with Crippen molar-refractivity contribution < 1.29 is 27.5 Å². The summed E-state index contributed by atoms with van der Waals surface area (Å²) in [7, 11) is -1.08. The summed E-state index contributed by atoms with van der Waals surface area (Å²) in [5, 5.41) is 2.98. The van der Waals surface area contributed by atoms with Gasteiger partial charge in [0, 0.05) is 12.6 Å². The Labute approximate surface area is 249 Å². The summed E-state index contributed by atoms with van der Waals surface area (Å²) in [5.41, 5.74) is 1.95. The van der Waals surface area contributed by atoms with Gasteiger partial charge in [-0.15, -0.1) is 0 Å². The minimum atomic E-state index is -4.15. The van der Waals surface area contributed by atoms with Crippen molar-refractivity contribution in [2.75, 3.05) is 25.1 Å². The molecule has 0 radical (unpaired) electrons. The molecule has 10 heteroatoms. The van der Waals surface area contributed by atoms with Crippen LogP contribution in [-0.2, 0) is 26.2 Å². The lowest BCUT2D eigenvalue weighted by Gasteiger charge is -2.33. The zero-order valence-corrected chi connectivity index (χ0v) is 26.0. The first-order valence-corrected chi connectivity index (χ1v) is 15.4. The number of amides is 2. The Kier molecular flexibility index (Phi) is 11.4. The summed E-state index contributed by atoms with van der Waals surface area (Å²) < 4.78 is 39.7. The number of hydrogen-bond acceptors (Lipinski definition) is 6. The molecule has 1 N–H and O–H groups in total. The quantitative estimate of drug-likeness (QED) is 0.283. The molecule has 3 aromatic carbocycles. The van der Waals surface area contributed by atoms with Crippen LogP contribution >= 0.6 is 0 Å². The number of carbonyl (C=O) groups excluding carboxylic acids is 2. The van der Waals surface area contributed by atoms with Crippen LogP contribution in [0.3, 0.4) is 0 Å². The standard InChI is InChI=1S/C32H41N3O6S/c1-7-24(4)33-32(37)30(8-2)34(21-25-10-9-11-28(20-25)41-6)31(36)22-35(26-14-16-27(40-5)17-15-26)42(38,39)29-18-12-23(3)13-19-29/h9-20,24,30H,7-8,21-22H2,1-6H3,(H,33,37)/t24-,30-/m1/s1. The molecule has 0 aliphatic carbocycles. The van der Waals surface area contributed by atoms with E-state index in [9.17, 15) is 18.0 Å². The molecular weight excluding hydrogens is 554 g/mol. The first-order valence-electron chi connectivity index (χ1n) is 14.0. The number of nitrogens with zero attached hydrogens (tertiary/aromatic N) is 2. The Balaban J connectivity index is 2.07. The molecule has 0 aromatic heterocycles. The fourth-order valence-electron chi connectivity index (χ4n) is 4.44. The molecule has 0 aliphatic rings. The summed E-state index contributed by atoms with van der Waals surface area (Å²) in [6.07, 6.45) is 1.07. The monoisotopic (exact) mass is 595 g/mol. The maximum absolute atomic E-state index is 14.2. The van der Waals surface area contributed by atoms with Crippen LogP contribution in [0.25, 0.3) is 0 Å². The van der Waals surface area contributed by atoms with Gasteiger partial charge < -0.3 is 19.7 Å². The van der Waals surface area contributed by atoms with E-state index >= 15 is 0 Å². The van der Waals surface area contributed by atoms with E-state index in [1.807, 2.05) is 39.8 Å². The average Bonchev–Trinajstić information content (AvgIpc) is 2.99. The Morgan fingerprint density at radius 1 is 0.881 bits per heavy atom. The largest absolute Gasteiger partial charge is 0.497 e. The Morgan fingerprint density at radius 2 is 1.52 bits per heavy atom. The molecule has 2 amide bonds. The van der Waals surface area contributed by atoms with E-state index in [0.717, 1.165) is 21.9 Å². The van der Waals surface area contributed by atoms with Crippen molar-refractivity contribution in [2.24, 2.45) is 0 Å². The number of methoxy groups -OCH3 is 2. The van der Waals surface area contributed by atoms with Gasteiger partial charge in [0.2, 0.25) is 11.8 Å². The SMILES string of the molecule is CC[C@@H](C)NC(=O)[C@@H](CC)N(Cc1cccc(OC)c1)C(=O)CN(c1ccc(OC)cc1)S(=O)(=O)c1ccc(C)cc1. The van der Waals surface area contributed by atoms with Crippen LogP contribution in [0.1, 0.15) is 44.7 Å². The third-order valence-corrected chi connectivity index (χ3v) is 8.91. The topological polar surface area (TPSA) is 105 Å². The zero-order chi connectivity index (χ0) is 30.9. The number of sulfonamides is 1. The fraction of sp³-hybridized carbons (Fsp3) is 0.375. The highest BCUT2D eigenvalue weighted by Gasteiger charge is 2.34. The summed E-state index contributed by atoms with van der Waals surface area (Å²) >= 11 is 0. The van der Waals surface area contributed by atoms with E-state index < -0.39 is 28.5 Å². The van der Waals surface area contributed by atoms with Crippen LogP contribution in [0, 0.1) is 6.92 Å². The second kappa shape index (κ2) is 14.7. The number of nitrogens with one attached hydrogen (secondary N) is 1. The van der Waals surface area contributed by atoms with Gasteiger partial charge in [0.1, 0.15) is 24.1 Å². The second-order valence-electron chi connectivity index (χ2n) is 10.1. The van der Waals surface area contributed by atoms with Crippen LogP contribution < -0.4 is 19.1 Å². The molecule has 0 spiro atoms. The Morgan fingerprint density at radius 3 is 2.10 bits per heavy atom. The molecule has 0 bridgehead atoms. The van der Waals surface area contributed by atoms with E-state index in [2.05, 4.69) is 5.32 Å². The summed E-state index contributed by atoms with van der Waals surface area (Å²) in [5.74, 6) is 0.347. The highest BCUT2D eigenvalue weighted by Crippen LogP contribution is 2.27. The molecule has 9 nitrogen and oxygen atoms in total. The summed E-state index contributed by atoms with van der Waals surface area (Å²) in [4.78, 5) is 29.1. The molecule has 2 atom stereocenters. The van der Waals surface area contributed by atoms with Gasteiger partial charge in [-0.1, -0.05) is 43.7 Å². The minimum Gasteiger partial charge on any atom is -0.497 e. The van der Waals surface area contributed by atoms with Crippen molar-refractivity contribution in [3.05, 3.63) is 83.9 Å². The fourth-order valence-corrected chi connectivity index (χ4v) is 5.86. The maximum atomic E-state index is 14.2. The zero-order valence-electron chi connectivity index (χ0n) is 25.2. The summed E-state index contributed by atoms with van der Waals surface area (Å²) in [6, 6.07) is 19.3. The maximum Gasteiger partial charge on any atom is 0.264 e.